The minimum absolute atomic E-state index is 0.584. The lowest BCUT2D eigenvalue weighted by molar-refractivity contribution is 0.232. The van der Waals surface area contributed by atoms with Crippen molar-refractivity contribution >= 4 is 5.96 Å². The first kappa shape index (κ1) is 18.2. The van der Waals surface area contributed by atoms with Gasteiger partial charge in [-0.05, 0) is 36.0 Å². The number of guanidine groups is 1. The van der Waals surface area contributed by atoms with Crippen LogP contribution in [0.3, 0.4) is 0 Å². The van der Waals surface area contributed by atoms with E-state index in [9.17, 15) is 0 Å². The fourth-order valence-electron chi connectivity index (χ4n) is 3.63. The van der Waals surface area contributed by atoms with Crippen molar-refractivity contribution < 1.29 is 4.74 Å². The summed E-state index contributed by atoms with van der Waals surface area (Å²) >= 11 is 0. The predicted octanol–water partition coefficient (Wildman–Crippen LogP) is 3.16. The van der Waals surface area contributed by atoms with E-state index in [0.717, 1.165) is 31.2 Å². The molecule has 3 rings (SSSR count). The molecule has 1 aromatic carbocycles. The molecular formula is C21H28N4O. The summed E-state index contributed by atoms with van der Waals surface area (Å²) in [5.74, 6) is 2.97. The summed E-state index contributed by atoms with van der Waals surface area (Å²) in [5, 5.41) is 3.42. The molecule has 2 heterocycles. The van der Waals surface area contributed by atoms with E-state index in [2.05, 4.69) is 57.4 Å². The minimum Gasteiger partial charge on any atom is -0.490 e. The lowest BCUT2D eigenvalue weighted by Crippen LogP contribution is -2.48. The number of hydrogen-bond donors (Lipinski definition) is 1. The highest BCUT2D eigenvalue weighted by atomic mass is 16.5. The zero-order valence-corrected chi connectivity index (χ0v) is 15.6. The molecule has 5 heteroatoms. The SMILES string of the molecule is CN=C(NCCOc1cccnc1)N1CCC(c2ccccc2)C(C)C1. The zero-order chi connectivity index (χ0) is 18.2. The molecule has 1 aliphatic heterocycles. The van der Waals surface area contributed by atoms with Crippen molar-refractivity contribution in [1.29, 1.82) is 0 Å². The quantitative estimate of drug-likeness (QED) is 0.510. The maximum atomic E-state index is 5.69. The second kappa shape index (κ2) is 9.22. The van der Waals surface area contributed by atoms with Crippen LogP contribution in [-0.4, -0.2) is 49.1 Å². The number of piperidine rings is 1. The predicted molar refractivity (Wildman–Crippen MR) is 106 cm³/mol. The van der Waals surface area contributed by atoms with E-state index in [1.807, 2.05) is 19.2 Å². The second-order valence-electron chi connectivity index (χ2n) is 6.74. The van der Waals surface area contributed by atoms with E-state index < -0.39 is 0 Å². The number of ether oxygens (including phenoxy) is 1. The Balaban J connectivity index is 1.47. The van der Waals surface area contributed by atoms with E-state index in [1.54, 1.807) is 12.4 Å². The van der Waals surface area contributed by atoms with E-state index in [1.165, 1.54) is 5.56 Å². The molecule has 0 saturated carbocycles. The molecule has 1 aliphatic rings. The van der Waals surface area contributed by atoms with Gasteiger partial charge in [-0.1, -0.05) is 37.3 Å². The van der Waals surface area contributed by atoms with Gasteiger partial charge >= 0.3 is 0 Å². The summed E-state index contributed by atoms with van der Waals surface area (Å²) in [6.07, 6.45) is 4.62. The Bertz CT molecular complexity index is 690. The summed E-state index contributed by atoms with van der Waals surface area (Å²) in [5.41, 5.74) is 1.45. The number of benzene rings is 1. The van der Waals surface area contributed by atoms with Crippen molar-refractivity contribution in [3.8, 4) is 5.75 Å². The number of nitrogens with one attached hydrogen (secondary N) is 1. The molecular weight excluding hydrogens is 324 g/mol. The number of nitrogens with zero attached hydrogens (tertiary/aromatic N) is 3. The number of hydrogen-bond acceptors (Lipinski definition) is 3. The van der Waals surface area contributed by atoms with Crippen molar-refractivity contribution in [1.82, 2.24) is 15.2 Å². The van der Waals surface area contributed by atoms with Crippen LogP contribution in [0.15, 0.2) is 59.9 Å². The third kappa shape index (κ3) is 4.75. The van der Waals surface area contributed by atoms with E-state index in [4.69, 9.17) is 4.74 Å². The third-order valence-electron chi connectivity index (χ3n) is 4.93. The average Bonchev–Trinajstić information content (AvgIpc) is 2.69. The van der Waals surface area contributed by atoms with Crippen molar-refractivity contribution in [2.45, 2.75) is 19.3 Å². The zero-order valence-electron chi connectivity index (χ0n) is 15.6. The second-order valence-corrected chi connectivity index (χ2v) is 6.74. The molecule has 26 heavy (non-hydrogen) atoms. The van der Waals surface area contributed by atoms with Gasteiger partial charge in [0.25, 0.3) is 0 Å². The molecule has 138 valence electrons. The van der Waals surface area contributed by atoms with Crippen LogP contribution in [0.25, 0.3) is 0 Å². The standard InChI is InChI=1S/C21H28N4O/c1-17-16-25(13-10-20(17)18-7-4-3-5-8-18)21(22-2)24-12-14-26-19-9-6-11-23-15-19/h3-9,11,15,17,20H,10,12-14,16H2,1-2H3,(H,22,24). The molecule has 0 amide bonds. The van der Waals surface area contributed by atoms with Gasteiger partial charge in [-0.2, -0.15) is 0 Å². The van der Waals surface area contributed by atoms with Gasteiger partial charge in [0.15, 0.2) is 5.96 Å². The Morgan fingerprint density at radius 3 is 2.81 bits per heavy atom. The van der Waals surface area contributed by atoms with Gasteiger partial charge in [0, 0.05) is 26.3 Å². The lowest BCUT2D eigenvalue weighted by Gasteiger charge is -2.38. The summed E-state index contributed by atoms with van der Waals surface area (Å²) < 4.78 is 5.69. The van der Waals surface area contributed by atoms with Gasteiger partial charge in [-0.3, -0.25) is 9.98 Å². The van der Waals surface area contributed by atoms with E-state index >= 15 is 0 Å². The molecule has 0 aliphatic carbocycles. The molecule has 2 unspecified atom stereocenters. The summed E-state index contributed by atoms with van der Waals surface area (Å²) in [7, 11) is 1.85. The Kier molecular flexibility index (Phi) is 6.47. The molecule has 1 fully saturated rings. The van der Waals surface area contributed by atoms with Crippen LogP contribution in [-0.2, 0) is 0 Å². The maximum Gasteiger partial charge on any atom is 0.193 e. The van der Waals surface area contributed by atoms with E-state index in [0.29, 0.717) is 25.0 Å². The van der Waals surface area contributed by atoms with Crippen LogP contribution < -0.4 is 10.1 Å². The first-order valence-electron chi connectivity index (χ1n) is 9.31. The Labute approximate surface area is 156 Å². The largest absolute Gasteiger partial charge is 0.490 e. The van der Waals surface area contributed by atoms with Crippen LogP contribution in [0.4, 0.5) is 0 Å². The highest BCUT2D eigenvalue weighted by Gasteiger charge is 2.28. The highest BCUT2D eigenvalue weighted by molar-refractivity contribution is 5.80. The molecule has 1 saturated heterocycles. The fraction of sp³-hybridized carbons (Fsp3) is 0.429. The monoisotopic (exact) mass is 352 g/mol. The smallest absolute Gasteiger partial charge is 0.193 e. The summed E-state index contributed by atoms with van der Waals surface area (Å²) in [4.78, 5) is 10.9. The van der Waals surface area contributed by atoms with Crippen LogP contribution in [0, 0.1) is 5.92 Å². The van der Waals surface area contributed by atoms with E-state index in [-0.39, 0.29) is 0 Å². The van der Waals surface area contributed by atoms with Gasteiger partial charge in [0.2, 0.25) is 0 Å². The van der Waals surface area contributed by atoms with Crippen molar-refractivity contribution in [2.24, 2.45) is 10.9 Å². The van der Waals surface area contributed by atoms with Crippen molar-refractivity contribution in [2.75, 3.05) is 33.3 Å². The maximum absolute atomic E-state index is 5.69. The molecule has 5 nitrogen and oxygen atoms in total. The number of rotatable bonds is 5. The average molecular weight is 352 g/mol. The highest BCUT2D eigenvalue weighted by Crippen LogP contribution is 2.32. The fourth-order valence-corrected chi connectivity index (χ4v) is 3.63. The summed E-state index contributed by atoms with van der Waals surface area (Å²) in [6.45, 7) is 5.67. The summed E-state index contributed by atoms with van der Waals surface area (Å²) in [6, 6.07) is 14.6. The third-order valence-corrected chi connectivity index (χ3v) is 4.93. The molecule has 2 atom stereocenters. The lowest BCUT2D eigenvalue weighted by atomic mass is 9.82. The first-order chi connectivity index (χ1) is 12.8. The molecule has 1 aromatic heterocycles. The van der Waals surface area contributed by atoms with Crippen LogP contribution in [0.2, 0.25) is 0 Å². The molecule has 2 aromatic rings. The Morgan fingerprint density at radius 1 is 1.27 bits per heavy atom. The molecule has 0 spiro atoms. The number of aromatic nitrogens is 1. The van der Waals surface area contributed by atoms with Gasteiger partial charge < -0.3 is 15.0 Å². The molecule has 1 N–H and O–H groups in total. The van der Waals surface area contributed by atoms with Crippen LogP contribution >= 0.6 is 0 Å². The topological polar surface area (TPSA) is 49.8 Å². The van der Waals surface area contributed by atoms with Gasteiger partial charge in [-0.15, -0.1) is 0 Å². The van der Waals surface area contributed by atoms with Gasteiger partial charge in [0.1, 0.15) is 12.4 Å². The normalized spacial score (nSPS) is 20.7. The Hall–Kier alpha value is -2.56. The van der Waals surface area contributed by atoms with Crippen molar-refractivity contribution in [3.05, 3.63) is 60.4 Å². The van der Waals surface area contributed by atoms with Crippen LogP contribution in [0.1, 0.15) is 24.8 Å². The minimum atomic E-state index is 0.584. The van der Waals surface area contributed by atoms with Gasteiger partial charge in [-0.25, -0.2) is 0 Å². The van der Waals surface area contributed by atoms with Crippen LogP contribution in [0.5, 0.6) is 5.75 Å². The molecule has 0 radical (unpaired) electrons. The molecule has 0 bridgehead atoms. The number of pyridine rings is 1. The first-order valence-corrected chi connectivity index (χ1v) is 9.31. The van der Waals surface area contributed by atoms with Crippen molar-refractivity contribution in [3.63, 3.8) is 0 Å². The number of likely N-dealkylation sites (tertiary alicyclic amines) is 1. The van der Waals surface area contributed by atoms with Gasteiger partial charge in [0.05, 0.1) is 12.7 Å². The number of aliphatic imine (C=N–C) groups is 1. The Morgan fingerprint density at radius 2 is 2.12 bits per heavy atom.